The lowest BCUT2D eigenvalue weighted by atomic mass is 10.3. The SMILES string of the molecule is COC(=O)CS(=O)(=O)CC(O)CNC(C)C. The number of sulfone groups is 1. The van der Waals surface area contributed by atoms with Gasteiger partial charge in [0.2, 0.25) is 0 Å². The highest BCUT2D eigenvalue weighted by Crippen LogP contribution is 1.96. The van der Waals surface area contributed by atoms with Crippen molar-refractivity contribution < 1.29 is 23.1 Å². The average Bonchev–Trinajstić information content (AvgIpc) is 2.13. The zero-order chi connectivity index (χ0) is 12.8. The normalized spacial score (nSPS) is 13.8. The van der Waals surface area contributed by atoms with Gasteiger partial charge in [0, 0.05) is 12.6 Å². The van der Waals surface area contributed by atoms with E-state index in [1.807, 2.05) is 13.8 Å². The molecular formula is C9H19NO5S. The lowest BCUT2D eigenvalue weighted by molar-refractivity contribution is -0.137. The minimum atomic E-state index is -3.60. The van der Waals surface area contributed by atoms with E-state index < -0.39 is 33.4 Å². The Morgan fingerprint density at radius 1 is 1.44 bits per heavy atom. The van der Waals surface area contributed by atoms with Gasteiger partial charge in [-0.2, -0.15) is 0 Å². The molecule has 0 saturated heterocycles. The summed E-state index contributed by atoms with van der Waals surface area (Å²) in [6, 6.07) is 0.165. The van der Waals surface area contributed by atoms with Crippen LogP contribution in [0.4, 0.5) is 0 Å². The van der Waals surface area contributed by atoms with Crippen molar-refractivity contribution in [1.29, 1.82) is 0 Å². The number of nitrogens with one attached hydrogen (secondary N) is 1. The Balaban J connectivity index is 4.10. The van der Waals surface area contributed by atoms with Gasteiger partial charge in [0.25, 0.3) is 0 Å². The van der Waals surface area contributed by atoms with Crippen LogP contribution in [0.1, 0.15) is 13.8 Å². The molecule has 7 heteroatoms. The van der Waals surface area contributed by atoms with E-state index in [9.17, 15) is 18.3 Å². The van der Waals surface area contributed by atoms with Crippen LogP contribution in [0.3, 0.4) is 0 Å². The van der Waals surface area contributed by atoms with Gasteiger partial charge in [-0.3, -0.25) is 4.79 Å². The van der Waals surface area contributed by atoms with Gasteiger partial charge >= 0.3 is 5.97 Å². The number of aliphatic hydroxyl groups is 1. The number of ether oxygens (including phenoxy) is 1. The summed E-state index contributed by atoms with van der Waals surface area (Å²) in [5, 5.41) is 12.3. The number of carbonyl (C=O) groups excluding carboxylic acids is 1. The first-order valence-corrected chi connectivity index (χ1v) is 6.77. The molecule has 0 aliphatic rings. The molecule has 0 aromatic heterocycles. The van der Waals surface area contributed by atoms with Crippen LogP contribution in [0.25, 0.3) is 0 Å². The molecule has 0 bridgehead atoms. The molecule has 0 aliphatic carbocycles. The molecule has 1 atom stereocenters. The van der Waals surface area contributed by atoms with Crippen molar-refractivity contribution in [3.05, 3.63) is 0 Å². The Morgan fingerprint density at radius 2 is 2.00 bits per heavy atom. The molecule has 0 fully saturated rings. The van der Waals surface area contributed by atoms with Gasteiger partial charge < -0.3 is 15.2 Å². The molecule has 0 saturated carbocycles. The molecule has 0 radical (unpaired) electrons. The third-order valence-electron chi connectivity index (χ3n) is 1.77. The zero-order valence-corrected chi connectivity index (χ0v) is 10.6. The summed E-state index contributed by atoms with van der Waals surface area (Å²) in [5.41, 5.74) is 0. The van der Waals surface area contributed by atoms with E-state index in [1.54, 1.807) is 0 Å². The number of carbonyl (C=O) groups is 1. The zero-order valence-electron chi connectivity index (χ0n) is 9.76. The van der Waals surface area contributed by atoms with Crippen LogP contribution in [-0.2, 0) is 19.4 Å². The minimum absolute atomic E-state index is 0.165. The minimum Gasteiger partial charge on any atom is -0.468 e. The van der Waals surface area contributed by atoms with Crippen LogP contribution in [0.15, 0.2) is 0 Å². The van der Waals surface area contributed by atoms with Crippen molar-refractivity contribution in [2.24, 2.45) is 0 Å². The van der Waals surface area contributed by atoms with Gasteiger partial charge in [0.15, 0.2) is 9.84 Å². The van der Waals surface area contributed by atoms with Gasteiger partial charge in [0.05, 0.1) is 19.0 Å². The van der Waals surface area contributed by atoms with Gasteiger partial charge in [-0.25, -0.2) is 8.42 Å². The van der Waals surface area contributed by atoms with E-state index in [0.29, 0.717) is 0 Å². The molecule has 0 amide bonds. The maximum absolute atomic E-state index is 11.4. The quantitative estimate of drug-likeness (QED) is 0.561. The summed E-state index contributed by atoms with van der Waals surface area (Å²) in [6.45, 7) is 3.95. The van der Waals surface area contributed by atoms with Crippen LogP contribution in [0, 0.1) is 0 Å². The molecule has 0 aromatic rings. The summed E-state index contributed by atoms with van der Waals surface area (Å²) >= 11 is 0. The summed E-state index contributed by atoms with van der Waals surface area (Å²) in [4.78, 5) is 10.8. The number of methoxy groups -OCH3 is 1. The second-order valence-corrected chi connectivity index (χ2v) is 5.96. The van der Waals surface area contributed by atoms with E-state index in [0.717, 1.165) is 7.11 Å². The molecule has 0 heterocycles. The average molecular weight is 253 g/mol. The molecule has 16 heavy (non-hydrogen) atoms. The molecule has 0 spiro atoms. The second-order valence-electron chi connectivity index (χ2n) is 3.85. The van der Waals surface area contributed by atoms with Crippen molar-refractivity contribution in [3.8, 4) is 0 Å². The van der Waals surface area contributed by atoms with Crippen LogP contribution in [-0.4, -0.2) is 56.8 Å². The molecule has 1 unspecified atom stereocenters. The van der Waals surface area contributed by atoms with E-state index >= 15 is 0 Å². The molecule has 96 valence electrons. The van der Waals surface area contributed by atoms with Crippen molar-refractivity contribution in [2.45, 2.75) is 26.0 Å². The maximum atomic E-state index is 11.4. The molecule has 6 nitrogen and oxygen atoms in total. The fraction of sp³-hybridized carbons (Fsp3) is 0.889. The summed E-state index contributed by atoms with van der Waals surface area (Å²) in [6.07, 6.45) is -1.02. The number of rotatable bonds is 7. The van der Waals surface area contributed by atoms with Gasteiger partial charge in [-0.1, -0.05) is 13.8 Å². The Kier molecular flexibility index (Phi) is 6.54. The van der Waals surface area contributed by atoms with E-state index in [1.165, 1.54) is 0 Å². The summed E-state index contributed by atoms with van der Waals surface area (Å²) < 4.78 is 27.0. The summed E-state index contributed by atoms with van der Waals surface area (Å²) in [5.74, 6) is -1.95. The fourth-order valence-corrected chi connectivity index (χ4v) is 2.32. The topological polar surface area (TPSA) is 92.7 Å². The smallest absolute Gasteiger partial charge is 0.320 e. The van der Waals surface area contributed by atoms with E-state index in [4.69, 9.17) is 0 Å². The number of hydrogen-bond donors (Lipinski definition) is 2. The van der Waals surface area contributed by atoms with E-state index in [2.05, 4.69) is 10.1 Å². The standard InChI is InChI=1S/C9H19NO5S/c1-7(2)10-4-8(11)5-16(13,14)6-9(12)15-3/h7-8,10-11H,4-6H2,1-3H3. The van der Waals surface area contributed by atoms with Crippen molar-refractivity contribution in [2.75, 3.05) is 25.2 Å². The van der Waals surface area contributed by atoms with Crippen molar-refractivity contribution in [3.63, 3.8) is 0 Å². The Morgan fingerprint density at radius 3 is 2.44 bits per heavy atom. The first-order chi connectivity index (χ1) is 7.26. The monoisotopic (exact) mass is 253 g/mol. The van der Waals surface area contributed by atoms with Crippen molar-refractivity contribution in [1.82, 2.24) is 5.32 Å². The lowest BCUT2D eigenvalue weighted by Crippen LogP contribution is -2.37. The summed E-state index contributed by atoms with van der Waals surface area (Å²) in [7, 11) is -2.48. The van der Waals surface area contributed by atoms with Gasteiger partial charge in [0.1, 0.15) is 5.75 Å². The first-order valence-electron chi connectivity index (χ1n) is 4.95. The van der Waals surface area contributed by atoms with Gasteiger partial charge in [-0.05, 0) is 0 Å². The third-order valence-corrected chi connectivity index (χ3v) is 3.34. The van der Waals surface area contributed by atoms with Crippen LogP contribution >= 0.6 is 0 Å². The Labute approximate surface area is 95.9 Å². The fourth-order valence-electron chi connectivity index (χ4n) is 1.02. The molecule has 0 aromatic carbocycles. The predicted octanol–water partition coefficient (Wildman–Crippen LogP) is -1.07. The maximum Gasteiger partial charge on any atom is 0.320 e. The van der Waals surface area contributed by atoms with Crippen molar-refractivity contribution >= 4 is 15.8 Å². The third kappa shape index (κ3) is 7.61. The Bertz CT molecular complexity index is 312. The number of aliphatic hydroxyl groups excluding tert-OH is 1. The highest BCUT2D eigenvalue weighted by Gasteiger charge is 2.21. The predicted molar refractivity (Wildman–Crippen MR) is 59.8 cm³/mol. The van der Waals surface area contributed by atoms with Crippen LogP contribution in [0.5, 0.6) is 0 Å². The van der Waals surface area contributed by atoms with Crippen LogP contribution in [0.2, 0.25) is 0 Å². The largest absolute Gasteiger partial charge is 0.468 e. The molecule has 0 rings (SSSR count). The molecule has 0 aliphatic heterocycles. The Hall–Kier alpha value is -0.660. The van der Waals surface area contributed by atoms with Crippen LogP contribution < -0.4 is 5.32 Å². The van der Waals surface area contributed by atoms with Gasteiger partial charge in [-0.15, -0.1) is 0 Å². The second kappa shape index (κ2) is 6.82. The highest BCUT2D eigenvalue weighted by molar-refractivity contribution is 7.92. The van der Waals surface area contributed by atoms with E-state index in [-0.39, 0.29) is 12.6 Å². The first kappa shape index (κ1) is 15.3. The number of esters is 1. The highest BCUT2D eigenvalue weighted by atomic mass is 32.2. The lowest BCUT2D eigenvalue weighted by Gasteiger charge is -2.13. The molecule has 2 N–H and O–H groups in total. The number of hydrogen-bond acceptors (Lipinski definition) is 6. The molecular weight excluding hydrogens is 234 g/mol.